The SMILES string of the molecule is C=C(C)C(C)(C)CC/C=C\CC=O.CCc1ccc(CC)cc1.Cc1ccccc1O.[HH]. The van der Waals surface area contributed by atoms with Crippen molar-refractivity contribution in [3.05, 3.63) is 89.5 Å². The summed E-state index contributed by atoms with van der Waals surface area (Å²) in [6.07, 6.45) is 9.84. The molecule has 0 amide bonds. The van der Waals surface area contributed by atoms with Crippen molar-refractivity contribution in [3.8, 4) is 5.75 Å². The number of para-hydroxylation sites is 1. The van der Waals surface area contributed by atoms with Crippen molar-refractivity contribution in [2.75, 3.05) is 0 Å². The average molecular weight is 425 g/mol. The lowest BCUT2D eigenvalue weighted by Gasteiger charge is -2.24. The summed E-state index contributed by atoms with van der Waals surface area (Å²) in [6, 6.07) is 16.1. The Hall–Kier alpha value is -2.61. The summed E-state index contributed by atoms with van der Waals surface area (Å²) in [6.45, 7) is 16.7. The summed E-state index contributed by atoms with van der Waals surface area (Å²) >= 11 is 0. The van der Waals surface area contributed by atoms with Gasteiger partial charge in [-0.1, -0.05) is 94.5 Å². The molecule has 2 nitrogen and oxygen atoms in total. The molecule has 0 fully saturated rings. The fraction of sp³-hybridized carbons (Fsp3) is 0.414. The molecule has 0 aliphatic carbocycles. The Labute approximate surface area is 192 Å². The number of carbonyl (C=O) groups is 1. The Morgan fingerprint density at radius 1 is 1.00 bits per heavy atom. The molecule has 172 valence electrons. The largest absolute Gasteiger partial charge is 0.508 e. The molecule has 0 atom stereocenters. The van der Waals surface area contributed by atoms with Crippen LogP contribution in [0.5, 0.6) is 5.75 Å². The van der Waals surface area contributed by atoms with Crippen LogP contribution in [0.4, 0.5) is 0 Å². The first-order chi connectivity index (χ1) is 14.7. The van der Waals surface area contributed by atoms with E-state index in [2.05, 4.69) is 71.5 Å². The van der Waals surface area contributed by atoms with Crippen LogP contribution in [0.1, 0.15) is 72.0 Å². The third-order valence-corrected chi connectivity index (χ3v) is 5.45. The zero-order chi connectivity index (χ0) is 23.7. The summed E-state index contributed by atoms with van der Waals surface area (Å²) in [5, 5.41) is 8.92. The molecule has 31 heavy (non-hydrogen) atoms. The van der Waals surface area contributed by atoms with Gasteiger partial charge >= 0.3 is 0 Å². The fourth-order valence-corrected chi connectivity index (χ4v) is 2.50. The van der Waals surface area contributed by atoms with Crippen LogP contribution in [-0.4, -0.2) is 11.4 Å². The summed E-state index contributed by atoms with van der Waals surface area (Å²) in [5.41, 5.74) is 5.21. The summed E-state index contributed by atoms with van der Waals surface area (Å²) < 4.78 is 0. The highest BCUT2D eigenvalue weighted by molar-refractivity contribution is 5.51. The molecule has 0 aromatic heterocycles. The smallest absolute Gasteiger partial charge is 0.123 e. The third-order valence-electron chi connectivity index (χ3n) is 5.45. The number of benzene rings is 2. The molecule has 0 radical (unpaired) electrons. The van der Waals surface area contributed by atoms with E-state index in [0.717, 1.165) is 37.5 Å². The average Bonchev–Trinajstić information content (AvgIpc) is 2.76. The van der Waals surface area contributed by atoms with Gasteiger partial charge < -0.3 is 9.90 Å². The van der Waals surface area contributed by atoms with Gasteiger partial charge in [0.1, 0.15) is 12.0 Å². The Bertz CT molecular complexity index is 745. The third kappa shape index (κ3) is 13.3. The van der Waals surface area contributed by atoms with Crippen LogP contribution in [0.25, 0.3) is 0 Å². The van der Waals surface area contributed by atoms with Gasteiger partial charge in [-0.25, -0.2) is 0 Å². The summed E-state index contributed by atoms with van der Waals surface area (Å²) in [4.78, 5) is 10.0. The van der Waals surface area contributed by atoms with E-state index in [4.69, 9.17) is 5.11 Å². The molecule has 0 unspecified atom stereocenters. The number of aromatic hydroxyl groups is 1. The number of rotatable bonds is 8. The van der Waals surface area contributed by atoms with E-state index in [1.54, 1.807) is 6.07 Å². The number of allylic oxidation sites excluding steroid dienone is 3. The van der Waals surface area contributed by atoms with Crippen LogP contribution in [0.15, 0.2) is 72.8 Å². The highest BCUT2D eigenvalue weighted by Crippen LogP contribution is 2.29. The van der Waals surface area contributed by atoms with Crippen molar-refractivity contribution in [2.24, 2.45) is 5.41 Å². The minimum atomic E-state index is 0. The number of phenolic OH excluding ortho intramolecular Hbond substituents is 1. The lowest BCUT2D eigenvalue weighted by atomic mass is 9.82. The second-order valence-electron chi connectivity index (χ2n) is 8.39. The highest BCUT2D eigenvalue weighted by Gasteiger charge is 2.16. The Kier molecular flexibility index (Phi) is 14.8. The normalized spacial score (nSPS) is 10.5. The zero-order valence-corrected chi connectivity index (χ0v) is 20.4. The van der Waals surface area contributed by atoms with Gasteiger partial charge in [-0.2, -0.15) is 0 Å². The second-order valence-corrected chi connectivity index (χ2v) is 8.39. The maximum Gasteiger partial charge on any atom is 0.123 e. The van der Waals surface area contributed by atoms with E-state index in [9.17, 15) is 4.79 Å². The summed E-state index contributed by atoms with van der Waals surface area (Å²) in [5.74, 6) is 0.368. The van der Waals surface area contributed by atoms with Crippen molar-refractivity contribution in [3.63, 3.8) is 0 Å². The van der Waals surface area contributed by atoms with E-state index in [1.807, 2.05) is 31.2 Å². The molecule has 1 N–H and O–H groups in total. The van der Waals surface area contributed by atoms with Crippen molar-refractivity contribution in [2.45, 2.75) is 73.6 Å². The zero-order valence-electron chi connectivity index (χ0n) is 20.4. The molecule has 0 spiro atoms. The molecule has 2 aromatic carbocycles. The molecule has 0 saturated carbocycles. The molecule has 2 aromatic rings. The standard InChI is InChI=1S/C12H20O.C10H14.C7H8O.H2/c1-11(2)12(3,4)9-7-5-6-8-10-13;1-3-9-5-7-10(4-2)8-6-9;1-6-4-2-3-5-7(6)8;/h5-6,10H,1,7-9H2,2-4H3;5-8H,3-4H2,1-2H3;2-5,8H,1H3;1H/b6-5-;;;. The van der Waals surface area contributed by atoms with Crippen molar-refractivity contribution >= 4 is 6.29 Å². The van der Waals surface area contributed by atoms with Crippen LogP contribution in [0.2, 0.25) is 0 Å². The first kappa shape index (κ1) is 28.4. The Balaban J connectivity index is 0. The van der Waals surface area contributed by atoms with Gasteiger partial charge in [0.2, 0.25) is 0 Å². The Morgan fingerprint density at radius 3 is 1.87 bits per heavy atom. The number of hydrogen-bond donors (Lipinski definition) is 1. The molecule has 0 bridgehead atoms. The lowest BCUT2D eigenvalue weighted by molar-refractivity contribution is -0.107. The van der Waals surface area contributed by atoms with Crippen LogP contribution in [-0.2, 0) is 17.6 Å². The quantitative estimate of drug-likeness (QED) is 0.342. The molecular weight excluding hydrogens is 380 g/mol. The molecule has 0 aliphatic rings. The van der Waals surface area contributed by atoms with Crippen LogP contribution in [0, 0.1) is 12.3 Å². The molecular formula is C29H44O2. The fourth-order valence-electron chi connectivity index (χ4n) is 2.50. The van der Waals surface area contributed by atoms with Crippen LogP contribution >= 0.6 is 0 Å². The second kappa shape index (κ2) is 16.1. The molecule has 0 saturated heterocycles. The van der Waals surface area contributed by atoms with Crippen molar-refractivity contribution < 1.29 is 11.3 Å². The van der Waals surface area contributed by atoms with E-state index in [0.29, 0.717) is 12.2 Å². The summed E-state index contributed by atoms with van der Waals surface area (Å²) in [7, 11) is 0. The topological polar surface area (TPSA) is 37.3 Å². The highest BCUT2D eigenvalue weighted by atomic mass is 16.3. The predicted octanol–water partition coefficient (Wildman–Crippen LogP) is 8.27. The lowest BCUT2D eigenvalue weighted by Crippen LogP contribution is -2.11. The maximum atomic E-state index is 10.0. The van der Waals surface area contributed by atoms with Crippen molar-refractivity contribution in [1.29, 1.82) is 0 Å². The monoisotopic (exact) mass is 424 g/mol. The number of aryl methyl sites for hydroxylation is 3. The van der Waals surface area contributed by atoms with Gasteiger partial charge in [-0.05, 0) is 67.7 Å². The number of aldehydes is 1. The van der Waals surface area contributed by atoms with E-state index in [1.165, 1.54) is 16.7 Å². The van der Waals surface area contributed by atoms with Crippen LogP contribution < -0.4 is 0 Å². The number of hydrogen-bond acceptors (Lipinski definition) is 2. The molecule has 2 rings (SSSR count). The van der Waals surface area contributed by atoms with Gasteiger partial charge in [0.15, 0.2) is 0 Å². The van der Waals surface area contributed by atoms with E-state index >= 15 is 0 Å². The first-order valence-electron chi connectivity index (χ1n) is 11.2. The van der Waals surface area contributed by atoms with Crippen molar-refractivity contribution in [1.82, 2.24) is 0 Å². The molecule has 0 aliphatic heterocycles. The minimum Gasteiger partial charge on any atom is -0.508 e. The predicted molar refractivity (Wildman–Crippen MR) is 138 cm³/mol. The number of phenols is 1. The van der Waals surface area contributed by atoms with Gasteiger partial charge in [0, 0.05) is 7.85 Å². The molecule has 0 heterocycles. The van der Waals surface area contributed by atoms with Gasteiger partial charge in [-0.15, -0.1) is 0 Å². The maximum absolute atomic E-state index is 10.0. The molecule has 2 heteroatoms. The van der Waals surface area contributed by atoms with Gasteiger partial charge in [-0.3, -0.25) is 0 Å². The van der Waals surface area contributed by atoms with Crippen LogP contribution in [0.3, 0.4) is 0 Å². The van der Waals surface area contributed by atoms with E-state index < -0.39 is 0 Å². The van der Waals surface area contributed by atoms with E-state index in [-0.39, 0.29) is 6.84 Å². The van der Waals surface area contributed by atoms with Gasteiger partial charge in [0.25, 0.3) is 0 Å². The minimum absolute atomic E-state index is 0. The Morgan fingerprint density at radius 2 is 1.52 bits per heavy atom. The number of carbonyl (C=O) groups excluding carboxylic acids is 1. The first-order valence-corrected chi connectivity index (χ1v) is 11.2. The van der Waals surface area contributed by atoms with Gasteiger partial charge in [0.05, 0.1) is 0 Å².